The van der Waals surface area contributed by atoms with Gasteiger partial charge in [-0.05, 0) is 38.5 Å². The van der Waals surface area contributed by atoms with Crippen LogP contribution in [0.5, 0.6) is 0 Å². The molecule has 2 aliphatic rings. The normalized spacial score (nSPS) is 19.6. The summed E-state index contributed by atoms with van der Waals surface area (Å²) in [4.78, 5) is 16.5. The first-order valence-electron chi connectivity index (χ1n) is 9.59. The topological polar surface area (TPSA) is 65.5 Å². The van der Waals surface area contributed by atoms with Gasteiger partial charge in [0.15, 0.2) is 5.96 Å². The molecule has 6 heteroatoms. The summed E-state index contributed by atoms with van der Waals surface area (Å²) in [5.74, 6) is 1.70. The van der Waals surface area contributed by atoms with E-state index in [1.807, 2.05) is 0 Å². The highest BCUT2D eigenvalue weighted by Crippen LogP contribution is 2.27. The Morgan fingerprint density at radius 1 is 1.00 bits per heavy atom. The highest BCUT2D eigenvalue weighted by molar-refractivity contribution is 14.0. The van der Waals surface area contributed by atoms with Crippen molar-refractivity contribution in [1.29, 1.82) is 0 Å². The molecule has 1 amide bonds. The molecule has 2 saturated carbocycles. The van der Waals surface area contributed by atoms with E-state index in [-0.39, 0.29) is 29.9 Å². The molecule has 0 heterocycles. The summed E-state index contributed by atoms with van der Waals surface area (Å²) in [5.41, 5.74) is 0. The summed E-state index contributed by atoms with van der Waals surface area (Å²) in [6.07, 6.45) is 12.2. The molecule has 2 rings (SSSR count). The average molecular weight is 450 g/mol. The van der Waals surface area contributed by atoms with Crippen LogP contribution in [0.15, 0.2) is 4.99 Å². The highest BCUT2D eigenvalue weighted by Gasteiger charge is 2.18. The molecule has 0 spiro atoms. The third kappa shape index (κ3) is 8.53. The van der Waals surface area contributed by atoms with Crippen molar-refractivity contribution in [1.82, 2.24) is 16.0 Å². The molecule has 0 saturated heterocycles. The third-order valence-corrected chi connectivity index (χ3v) is 4.94. The predicted octanol–water partition coefficient (Wildman–Crippen LogP) is 3.19. The minimum Gasteiger partial charge on any atom is -0.357 e. The van der Waals surface area contributed by atoms with Crippen LogP contribution in [0.3, 0.4) is 0 Å². The second-order valence-electron chi connectivity index (χ2n) is 6.94. The first-order chi connectivity index (χ1) is 11.3. The van der Waals surface area contributed by atoms with Crippen molar-refractivity contribution in [3.05, 3.63) is 0 Å². The molecule has 0 bridgehead atoms. The molecular weight excluding hydrogens is 415 g/mol. The first kappa shape index (κ1) is 21.5. The van der Waals surface area contributed by atoms with Crippen LogP contribution in [0, 0.1) is 5.92 Å². The number of nitrogens with one attached hydrogen (secondary N) is 3. The number of halogens is 1. The predicted molar refractivity (Wildman–Crippen MR) is 111 cm³/mol. The Bertz CT molecular complexity index is 377. The average Bonchev–Trinajstić information content (AvgIpc) is 3.05. The molecule has 0 aliphatic heterocycles. The lowest BCUT2D eigenvalue weighted by molar-refractivity contribution is -0.121. The van der Waals surface area contributed by atoms with E-state index < -0.39 is 0 Å². The summed E-state index contributed by atoms with van der Waals surface area (Å²) < 4.78 is 0. The Hall–Kier alpha value is -0.530. The Morgan fingerprint density at radius 3 is 2.33 bits per heavy atom. The van der Waals surface area contributed by atoms with Crippen LogP contribution in [-0.2, 0) is 4.79 Å². The molecule has 140 valence electrons. The van der Waals surface area contributed by atoms with Gasteiger partial charge in [-0.2, -0.15) is 0 Å². The van der Waals surface area contributed by atoms with Crippen molar-refractivity contribution < 1.29 is 4.79 Å². The van der Waals surface area contributed by atoms with E-state index in [0.29, 0.717) is 31.5 Å². The van der Waals surface area contributed by atoms with Crippen LogP contribution < -0.4 is 16.0 Å². The molecule has 24 heavy (non-hydrogen) atoms. The van der Waals surface area contributed by atoms with E-state index in [9.17, 15) is 4.79 Å². The van der Waals surface area contributed by atoms with E-state index in [1.165, 1.54) is 57.8 Å². The summed E-state index contributed by atoms with van der Waals surface area (Å²) >= 11 is 0. The summed E-state index contributed by atoms with van der Waals surface area (Å²) in [6.45, 7) is 4.22. The van der Waals surface area contributed by atoms with Crippen LogP contribution >= 0.6 is 24.0 Å². The van der Waals surface area contributed by atoms with Gasteiger partial charge >= 0.3 is 0 Å². The van der Waals surface area contributed by atoms with Gasteiger partial charge in [0, 0.05) is 25.6 Å². The number of hydrogen-bond donors (Lipinski definition) is 3. The maximum Gasteiger partial charge on any atom is 0.220 e. The maximum atomic E-state index is 11.9. The van der Waals surface area contributed by atoms with Gasteiger partial charge in [-0.1, -0.05) is 32.1 Å². The number of carbonyl (C=O) groups excluding carboxylic acids is 1. The maximum absolute atomic E-state index is 11.9. The lowest BCUT2D eigenvalue weighted by Crippen LogP contribution is -2.44. The number of aliphatic imine (C=N–C) groups is 1. The zero-order chi connectivity index (χ0) is 16.3. The molecule has 0 aromatic heterocycles. The molecule has 0 atom stereocenters. The van der Waals surface area contributed by atoms with E-state index in [1.54, 1.807) is 0 Å². The molecule has 3 N–H and O–H groups in total. The van der Waals surface area contributed by atoms with E-state index in [2.05, 4.69) is 27.9 Å². The lowest BCUT2D eigenvalue weighted by atomic mass is 9.96. The van der Waals surface area contributed by atoms with Gasteiger partial charge in [0.25, 0.3) is 0 Å². The Kier molecular flexibility index (Phi) is 11.5. The van der Waals surface area contributed by atoms with Gasteiger partial charge < -0.3 is 16.0 Å². The fraction of sp³-hybridized carbons (Fsp3) is 0.889. The zero-order valence-electron chi connectivity index (χ0n) is 15.1. The van der Waals surface area contributed by atoms with Crippen molar-refractivity contribution in [2.24, 2.45) is 10.9 Å². The van der Waals surface area contributed by atoms with Crippen LogP contribution in [0.1, 0.15) is 71.1 Å². The summed E-state index contributed by atoms with van der Waals surface area (Å²) in [5, 5.41) is 9.84. The van der Waals surface area contributed by atoms with Gasteiger partial charge in [-0.25, -0.2) is 0 Å². The molecular formula is C18H35IN4O. The number of rotatable bonds is 7. The van der Waals surface area contributed by atoms with E-state index in [4.69, 9.17) is 0 Å². The number of amides is 1. The molecule has 0 unspecified atom stereocenters. The van der Waals surface area contributed by atoms with Crippen molar-refractivity contribution in [3.8, 4) is 0 Å². The standard InChI is InChI=1S/C18H34N4O.HI/c1-2-19-18(22-16-10-4-3-5-11-16)21-13-12-20-17(23)14-15-8-6-7-9-15;/h15-16H,2-14H2,1H3,(H,20,23)(H2,19,21,22);1H. The summed E-state index contributed by atoms with van der Waals surface area (Å²) in [6, 6.07) is 0.554. The van der Waals surface area contributed by atoms with Crippen molar-refractivity contribution in [2.45, 2.75) is 77.2 Å². The highest BCUT2D eigenvalue weighted by atomic mass is 127. The van der Waals surface area contributed by atoms with Crippen molar-refractivity contribution >= 4 is 35.8 Å². The number of hydrogen-bond acceptors (Lipinski definition) is 2. The van der Waals surface area contributed by atoms with Crippen LogP contribution in [-0.4, -0.2) is 37.5 Å². The smallest absolute Gasteiger partial charge is 0.220 e. The number of carbonyl (C=O) groups is 1. The molecule has 0 radical (unpaired) electrons. The number of nitrogens with zero attached hydrogens (tertiary/aromatic N) is 1. The van der Waals surface area contributed by atoms with Gasteiger partial charge in [-0.15, -0.1) is 24.0 Å². The summed E-state index contributed by atoms with van der Waals surface area (Å²) in [7, 11) is 0. The molecule has 0 aromatic rings. The SMILES string of the molecule is CCNC(=NCCNC(=O)CC1CCCC1)NC1CCCCC1.I. The Balaban J connectivity index is 0.00000288. The molecule has 2 fully saturated rings. The lowest BCUT2D eigenvalue weighted by Gasteiger charge is -2.24. The second kappa shape index (κ2) is 12.8. The minimum atomic E-state index is 0. The van der Waals surface area contributed by atoms with Crippen LogP contribution in [0.4, 0.5) is 0 Å². The van der Waals surface area contributed by atoms with Gasteiger partial charge in [-0.3, -0.25) is 9.79 Å². The monoisotopic (exact) mass is 450 g/mol. The van der Waals surface area contributed by atoms with Crippen LogP contribution in [0.2, 0.25) is 0 Å². The third-order valence-electron chi connectivity index (χ3n) is 4.94. The second-order valence-corrected chi connectivity index (χ2v) is 6.94. The fourth-order valence-electron chi connectivity index (χ4n) is 3.67. The molecule has 2 aliphatic carbocycles. The van der Waals surface area contributed by atoms with Crippen LogP contribution in [0.25, 0.3) is 0 Å². The number of guanidine groups is 1. The fourth-order valence-corrected chi connectivity index (χ4v) is 3.67. The minimum absolute atomic E-state index is 0. The molecule has 0 aromatic carbocycles. The van der Waals surface area contributed by atoms with Crippen molar-refractivity contribution in [3.63, 3.8) is 0 Å². The van der Waals surface area contributed by atoms with Gasteiger partial charge in [0.2, 0.25) is 5.91 Å². The quantitative estimate of drug-likeness (QED) is 0.242. The van der Waals surface area contributed by atoms with Crippen molar-refractivity contribution in [2.75, 3.05) is 19.6 Å². The van der Waals surface area contributed by atoms with Gasteiger partial charge in [0.1, 0.15) is 0 Å². The zero-order valence-corrected chi connectivity index (χ0v) is 17.4. The Morgan fingerprint density at radius 2 is 1.67 bits per heavy atom. The van der Waals surface area contributed by atoms with E-state index >= 15 is 0 Å². The van der Waals surface area contributed by atoms with Gasteiger partial charge in [0.05, 0.1) is 6.54 Å². The Labute approximate surface area is 164 Å². The largest absolute Gasteiger partial charge is 0.357 e. The first-order valence-corrected chi connectivity index (χ1v) is 9.59. The van der Waals surface area contributed by atoms with E-state index in [0.717, 1.165) is 12.5 Å². The molecule has 5 nitrogen and oxygen atoms in total.